The molecular formula is C29H34N2O3. The van der Waals surface area contributed by atoms with Gasteiger partial charge in [-0.05, 0) is 68.0 Å². The molecule has 34 heavy (non-hydrogen) atoms. The molecule has 0 unspecified atom stereocenters. The highest BCUT2D eigenvalue weighted by molar-refractivity contribution is 5.97. The Labute approximate surface area is 202 Å². The minimum atomic E-state index is -0.0716. The lowest BCUT2D eigenvalue weighted by Gasteiger charge is -2.27. The molecule has 0 N–H and O–H groups in total. The summed E-state index contributed by atoms with van der Waals surface area (Å²) in [5.41, 5.74) is 2.94. The summed E-state index contributed by atoms with van der Waals surface area (Å²) in [5, 5.41) is 0. The molecule has 1 aliphatic rings. The molecule has 1 aromatic heterocycles. The average molecular weight is 459 g/mol. The Morgan fingerprint density at radius 1 is 0.912 bits per heavy atom. The van der Waals surface area contributed by atoms with Crippen molar-refractivity contribution in [2.24, 2.45) is 0 Å². The van der Waals surface area contributed by atoms with Crippen molar-refractivity contribution in [2.75, 3.05) is 6.54 Å². The zero-order chi connectivity index (χ0) is 23.9. The summed E-state index contributed by atoms with van der Waals surface area (Å²) in [6.07, 6.45) is 5.21. The predicted octanol–water partition coefficient (Wildman–Crippen LogP) is 5.76. The molecule has 1 heterocycles. The number of carbonyl (C=O) groups excluding carboxylic acids is 2. The maximum absolute atomic E-state index is 13.5. The fraction of sp³-hybridized carbons (Fsp3) is 0.379. The number of nitrogens with zero attached hydrogens (tertiary/aromatic N) is 2. The number of benzene rings is 2. The summed E-state index contributed by atoms with van der Waals surface area (Å²) in [6, 6.07) is 21.8. The van der Waals surface area contributed by atoms with Crippen molar-refractivity contribution in [3.8, 4) is 0 Å². The lowest BCUT2D eigenvalue weighted by molar-refractivity contribution is -0.133. The highest BCUT2D eigenvalue weighted by Crippen LogP contribution is 2.29. The van der Waals surface area contributed by atoms with Crippen LogP contribution in [-0.2, 0) is 24.3 Å². The van der Waals surface area contributed by atoms with Gasteiger partial charge in [-0.25, -0.2) is 0 Å². The van der Waals surface area contributed by atoms with Gasteiger partial charge in [-0.1, -0.05) is 55.8 Å². The Kier molecular flexibility index (Phi) is 7.84. The second-order valence-electron chi connectivity index (χ2n) is 9.21. The standard InChI is InChI=1S/C29H34N2O3/c1-3-4-8-23-12-14-25(15-13-23)29(33)31(26-16-17-26)21-28(32)30(19-24-9-6-5-7-10-24)20-27-18-11-22(2)34-27/h5-7,9-15,18,26H,3-4,8,16-17,19-21H2,1-2H3. The number of hydrogen-bond donors (Lipinski definition) is 0. The Morgan fingerprint density at radius 2 is 1.65 bits per heavy atom. The van der Waals surface area contributed by atoms with E-state index < -0.39 is 0 Å². The van der Waals surface area contributed by atoms with Gasteiger partial charge in [0, 0.05) is 18.2 Å². The van der Waals surface area contributed by atoms with Gasteiger partial charge in [-0.15, -0.1) is 0 Å². The molecule has 178 valence electrons. The van der Waals surface area contributed by atoms with Gasteiger partial charge in [0.1, 0.15) is 18.1 Å². The molecule has 1 fully saturated rings. The monoisotopic (exact) mass is 458 g/mol. The van der Waals surface area contributed by atoms with Crippen LogP contribution in [0.4, 0.5) is 0 Å². The highest BCUT2D eigenvalue weighted by Gasteiger charge is 2.35. The average Bonchev–Trinajstić information content (AvgIpc) is 3.62. The lowest BCUT2D eigenvalue weighted by atomic mass is 10.1. The van der Waals surface area contributed by atoms with Crippen molar-refractivity contribution in [2.45, 2.75) is 65.1 Å². The molecule has 5 heteroatoms. The highest BCUT2D eigenvalue weighted by atomic mass is 16.3. The van der Waals surface area contributed by atoms with Crippen LogP contribution < -0.4 is 0 Å². The van der Waals surface area contributed by atoms with Crippen molar-refractivity contribution < 1.29 is 14.0 Å². The van der Waals surface area contributed by atoms with Crippen molar-refractivity contribution in [3.63, 3.8) is 0 Å². The number of furan rings is 1. The van der Waals surface area contributed by atoms with Crippen molar-refractivity contribution in [1.29, 1.82) is 0 Å². The van der Waals surface area contributed by atoms with Crippen LogP contribution in [0, 0.1) is 6.92 Å². The van der Waals surface area contributed by atoms with E-state index in [0.717, 1.165) is 49.2 Å². The van der Waals surface area contributed by atoms with Gasteiger partial charge in [0.05, 0.1) is 6.54 Å². The number of amides is 2. The van der Waals surface area contributed by atoms with E-state index in [1.807, 2.05) is 73.7 Å². The van der Waals surface area contributed by atoms with Crippen molar-refractivity contribution in [1.82, 2.24) is 9.80 Å². The van der Waals surface area contributed by atoms with E-state index >= 15 is 0 Å². The first-order valence-corrected chi connectivity index (χ1v) is 12.3. The topological polar surface area (TPSA) is 53.8 Å². The number of carbonyl (C=O) groups is 2. The SMILES string of the molecule is CCCCc1ccc(C(=O)N(CC(=O)N(Cc2ccccc2)Cc2ccc(C)o2)C2CC2)cc1. The van der Waals surface area contributed by atoms with Crippen LogP contribution in [0.25, 0.3) is 0 Å². The maximum atomic E-state index is 13.5. The van der Waals surface area contributed by atoms with Crippen LogP contribution in [0.1, 0.15) is 65.6 Å². The number of aryl methyl sites for hydroxylation is 2. The molecule has 0 bridgehead atoms. The van der Waals surface area contributed by atoms with Gasteiger partial charge >= 0.3 is 0 Å². The second-order valence-corrected chi connectivity index (χ2v) is 9.21. The number of unbranched alkanes of at least 4 members (excludes halogenated alkanes) is 1. The van der Waals surface area contributed by atoms with Gasteiger partial charge in [0.25, 0.3) is 5.91 Å². The molecule has 3 aromatic rings. The van der Waals surface area contributed by atoms with E-state index in [2.05, 4.69) is 6.92 Å². The van der Waals surface area contributed by atoms with E-state index in [1.165, 1.54) is 5.56 Å². The van der Waals surface area contributed by atoms with Gasteiger partial charge in [0.15, 0.2) is 0 Å². The quantitative estimate of drug-likeness (QED) is 0.367. The molecule has 2 aromatic carbocycles. The molecular weight excluding hydrogens is 424 g/mol. The summed E-state index contributed by atoms with van der Waals surface area (Å²) < 4.78 is 5.75. The van der Waals surface area contributed by atoms with Crippen LogP contribution >= 0.6 is 0 Å². The number of rotatable bonds is 11. The van der Waals surface area contributed by atoms with E-state index in [9.17, 15) is 9.59 Å². The smallest absolute Gasteiger partial charge is 0.254 e. The molecule has 0 radical (unpaired) electrons. The molecule has 0 spiro atoms. The Bertz CT molecular complexity index is 1080. The summed E-state index contributed by atoms with van der Waals surface area (Å²) in [5.74, 6) is 1.43. The van der Waals surface area contributed by atoms with Crippen molar-refractivity contribution in [3.05, 3.63) is 94.9 Å². The van der Waals surface area contributed by atoms with Gasteiger partial charge in [-0.2, -0.15) is 0 Å². The summed E-state index contributed by atoms with van der Waals surface area (Å²) in [4.78, 5) is 30.4. The molecule has 5 nitrogen and oxygen atoms in total. The van der Waals surface area contributed by atoms with Crippen LogP contribution in [0.3, 0.4) is 0 Å². The third-order valence-corrected chi connectivity index (χ3v) is 6.29. The molecule has 1 saturated carbocycles. The number of hydrogen-bond acceptors (Lipinski definition) is 3. The first-order valence-electron chi connectivity index (χ1n) is 12.3. The summed E-state index contributed by atoms with van der Waals surface area (Å²) in [6.45, 7) is 5.00. The van der Waals surface area contributed by atoms with E-state index in [4.69, 9.17) is 4.42 Å². The largest absolute Gasteiger partial charge is 0.464 e. The second kappa shape index (κ2) is 11.2. The summed E-state index contributed by atoms with van der Waals surface area (Å²) in [7, 11) is 0. The lowest BCUT2D eigenvalue weighted by Crippen LogP contribution is -2.43. The molecule has 0 saturated heterocycles. The van der Waals surface area contributed by atoms with Crippen molar-refractivity contribution >= 4 is 11.8 Å². The van der Waals surface area contributed by atoms with Gasteiger partial charge < -0.3 is 14.2 Å². The van der Waals surface area contributed by atoms with Gasteiger partial charge in [-0.3, -0.25) is 9.59 Å². The predicted molar refractivity (Wildman–Crippen MR) is 133 cm³/mol. The third-order valence-electron chi connectivity index (χ3n) is 6.29. The van der Waals surface area contributed by atoms with E-state index in [-0.39, 0.29) is 24.4 Å². The molecule has 0 atom stereocenters. The van der Waals surface area contributed by atoms with Crippen LogP contribution in [0.2, 0.25) is 0 Å². The van der Waals surface area contributed by atoms with Crippen LogP contribution in [-0.4, -0.2) is 34.2 Å². The maximum Gasteiger partial charge on any atom is 0.254 e. The first-order chi connectivity index (χ1) is 16.5. The summed E-state index contributed by atoms with van der Waals surface area (Å²) >= 11 is 0. The molecule has 2 amide bonds. The van der Waals surface area contributed by atoms with Gasteiger partial charge in [0.2, 0.25) is 5.91 Å². The fourth-order valence-corrected chi connectivity index (χ4v) is 4.15. The fourth-order valence-electron chi connectivity index (χ4n) is 4.15. The molecule has 0 aliphatic heterocycles. The minimum absolute atomic E-state index is 0.0635. The zero-order valence-electron chi connectivity index (χ0n) is 20.2. The van der Waals surface area contributed by atoms with E-state index in [1.54, 1.807) is 9.80 Å². The zero-order valence-corrected chi connectivity index (χ0v) is 20.2. The molecule has 4 rings (SSSR count). The van der Waals surface area contributed by atoms with E-state index in [0.29, 0.717) is 18.7 Å². The van der Waals surface area contributed by atoms with Crippen LogP contribution in [0.5, 0.6) is 0 Å². The normalized spacial score (nSPS) is 13.0. The third kappa shape index (κ3) is 6.37. The molecule has 1 aliphatic carbocycles. The Hall–Kier alpha value is -3.34. The Morgan fingerprint density at radius 3 is 2.26 bits per heavy atom. The first kappa shape index (κ1) is 23.8. The Balaban J connectivity index is 1.48. The van der Waals surface area contributed by atoms with Crippen LogP contribution in [0.15, 0.2) is 71.1 Å². The minimum Gasteiger partial charge on any atom is -0.464 e.